The smallest absolute Gasteiger partial charge is 0.415 e. The number of rotatable bonds is 3. The van der Waals surface area contributed by atoms with Crippen molar-refractivity contribution in [3.63, 3.8) is 0 Å². The lowest BCUT2D eigenvalue weighted by molar-refractivity contribution is 0.0555. The second kappa shape index (κ2) is 6.36. The summed E-state index contributed by atoms with van der Waals surface area (Å²) in [5.41, 5.74) is 0.156. The molecule has 0 spiro atoms. The zero-order valence-corrected chi connectivity index (χ0v) is 13.5. The second-order valence-corrected chi connectivity index (χ2v) is 6.38. The molecule has 4 nitrogen and oxygen atoms in total. The van der Waals surface area contributed by atoms with Crippen molar-refractivity contribution in [2.75, 3.05) is 11.5 Å². The second-order valence-electron chi connectivity index (χ2n) is 6.38. The van der Waals surface area contributed by atoms with E-state index < -0.39 is 11.7 Å². The molecule has 0 aliphatic heterocycles. The lowest BCUT2D eigenvalue weighted by atomic mass is 10.1. The molecule has 0 saturated carbocycles. The van der Waals surface area contributed by atoms with Gasteiger partial charge in [-0.05, 0) is 39.1 Å². The molecule has 0 bridgehead atoms. The summed E-state index contributed by atoms with van der Waals surface area (Å²) in [4.78, 5) is 14.1. The average Bonchev–Trinajstić information content (AvgIpc) is 2.45. The van der Waals surface area contributed by atoms with Gasteiger partial charge in [-0.25, -0.2) is 4.79 Å². The van der Waals surface area contributed by atoms with Crippen LogP contribution in [0.2, 0.25) is 0 Å². The van der Waals surface area contributed by atoms with Gasteiger partial charge in [-0.3, -0.25) is 4.90 Å². The summed E-state index contributed by atoms with van der Waals surface area (Å²) < 4.78 is 5.50. The van der Waals surface area contributed by atoms with Gasteiger partial charge < -0.3 is 9.84 Å². The van der Waals surface area contributed by atoms with Crippen LogP contribution in [0.1, 0.15) is 27.7 Å². The topological polar surface area (TPSA) is 49.8 Å². The van der Waals surface area contributed by atoms with Gasteiger partial charge in [0.2, 0.25) is 0 Å². The van der Waals surface area contributed by atoms with Crippen LogP contribution in [0.4, 0.5) is 10.5 Å². The molecule has 0 radical (unpaired) electrons. The average molecular weight is 301 g/mol. The predicted molar refractivity (Wildman–Crippen MR) is 89.2 cm³/mol. The van der Waals surface area contributed by atoms with Gasteiger partial charge in [0.25, 0.3) is 0 Å². The number of hydrogen-bond acceptors (Lipinski definition) is 3. The summed E-state index contributed by atoms with van der Waals surface area (Å²) in [7, 11) is 0. The van der Waals surface area contributed by atoms with Crippen LogP contribution in [-0.4, -0.2) is 29.4 Å². The third-order valence-electron chi connectivity index (χ3n) is 3.32. The minimum Gasteiger partial charge on any atom is -0.443 e. The molecular formula is C18H23NO3. The minimum absolute atomic E-state index is 0.136. The Hall–Kier alpha value is -2.07. The van der Waals surface area contributed by atoms with Gasteiger partial charge in [0.05, 0.1) is 18.3 Å². The molecule has 118 valence electrons. The number of hydrogen-bond donors (Lipinski definition) is 1. The van der Waals surface area contributed by atoms with Gasteiger partial charge >= 0.3 is 6.09 Å². The molecule has 0 aliphatic rings. The zero-order chi connectivity index (χ0) is 16.3. The monoisotopic (exact) mass is 301 g/mol. The number of benzene rings is 2. The van der Waals surface area contributed by atoms with Crippen LogP contribution >= 0.6 is 0 Å². The molecule has 4 heteroatoms. The van der Waals surface area contributed by atoms with E-state index in [4.69, 9.17) is 4.74 Å². The quantitative estimate of drug-likeness (QED) is 0.933. The summed E-state index contributed by atoms with van der Waals surface area (Å²) in [6.07, 6.45) is -0.453. The molecule has 0 fully saturated rings. The van der Waals surface area contributed by atoms with Crippen molar-refractivity contribution in [3.05, 3.63) is 42.5 Å². The number of nitrogens with zero attached hydrogens (tertiary/aromatic N) is 1. The van der Waals surface area contributed by atoms with Gasteiger partial charge in [0.15, 0.2) is 0 Å². The summed E-state index contributed by atoms with van der Waals surface area (Å²) in [6, 6.07) is 13.2. The van der Waals surface area contributed by atoms with E-state index in [9.17, 15) is 9.90 Å². The maximum atomic E-state index is 12.6. The molecule has 2 aromatic carbocycles. The molecule has 2 rings (SSSR count). The minimum atomic E-state index is -0.588. The molecule has 1 atom stereocenters. The third-order valence-corrected chi connectivity index (χ3v) is 3.32. The van der Waals surface area contributed by atoms with Crippen molar-refractivity contribution in [3.8, 4) is 0 Å². The molecule has 1 amide bonds. The van der Waals surface area contributed by atoms with Crippen molar-refractivity contribution in [2.45, 2.75) is 39.3 Å². The van der Waals surface area contributed by atoms with E-state index in [0.29, 0.717) is 0 Å². The Morgan fingerprint density at radius 3 is 2.45 bits per heavy atom. The fourth-order valence-electron chi connectivity index (χ4n) is 2.33. The van der Waals surface area contributed by atoms with E-state index in [1.807, 2.05) is 63.2 Å². The fourth-order valence-corrected chi connectivity index (χ4v) is 2.33. The molecule has 2 aromatic rings. The van der Waals surface area contributed by atoms with Crippen molar-refractivity contribution < 1.29 is 14.6 Å². The molecule has 0 aliphatic carbocycles. The molecule has 22 heavy (non-hydrogen) atoms. The van der Waals surface area contributed by atoms with Gasteiger partial charge in [-0.15, -0.1) is 0 Å². The molecular weight excluding hydrogens is 278 g/mol. The molecule has 0 unspecified atom stereocenters. The molecule has 0 heterocycles. The maximum absolute atomic E-state index is 12.6. The highest BCUT2D eigenvalue weighted by atomic mass is 16.6. The Labute approximate surface area is 131 Å². The first-order valence-electron chi connectivity index (χ1n) is 7.44. The number of aliphatic hydroxyl groups is 1. The Kier molecular flexibility index (Phi) is 4.71. The van der Waals surface area contributed by atoms with Crippen molar-refractivity contribution in [1.29, 1.82) is 0 Å². The van der Waals surface area contributed by atoms with Crippen LogP contribution in [-0.2, 0) is 4.74 Å². The Balaban J connectivity index is 2.51. The van der Waals surface area contributed by atoms with Crippen LogP contribution < -0.4 is 4.90 Å². The molecule has 0 aromatic heterocycles. The predicted octanol–water partition coefficient (Wildman–Crippen LogP) is 3.96. The SMILES string of the molecule is C[C@@H](CO)N(C(=O)OC(C)(C)C)c1cccc2ccccc12. The van der Waals surface area contributed by atoms with Crippen LogP contribution in [0.5, 0.6) is 0 Å². The third kappa shape index (κ3) is 3.57. The summed E-state index contributed by atoms with van der Waals surface area (Å²) in [6.45, 7) is 7.15. The van der Waals surface area contributed by atoms with Crippen molar-refractivity contribution in [2.24, 2.45) is 0 Å². The van der Waals surface area contributed by atoms with Crippen LogP contribution in [0.15, 0.2) is 42.5 Å². The first-order chi connectivity index (χ1) is 10.3. The first kappa shape index (κ1) is 16.3. The first-order valence-corrected chi connectivity index (χ1v) is 7.44. The molecule has 0 saturated heterocycles. The summed E-state index contributed by atoms with van der Waals surface area (Å²) in [5.74, 6) is 0. The van der Waals surface area contributed by atoms with E-state index in [1.165, 1.54) is 4.90 Å². The maximum Gasteiger partial charge on any atom is 0.415 e. The number of anilines is 1. The van der Waals surface area contributed by atoms with Crippen LogP contribution in [0, 0.1) is 0 Å². The van der Waals surface area contributed by atoms with E-state index in [1.54, 1.807) is 6.92 Å². The number of carbonyl (C=O) groups is 1. The van der Waals surface area contributed by atoms with Gasteiger partial charge in [-0.2, -0.15) is 0 Å². The van der Waals surface area contributed by atoms with Crippen LogP contribution in [0.25, 0.3) is 10.8 Å². The number of aliphatic hydroxyl groups excluding tert-OH is 1. The van der Waals surface area contributed by atoms with E-state index in [0.717, 1.165) is 16.5 Å². The highest BCUT2D eigenvalue weighted by Gasteiger charge is 2.28. The number of carbonyl (C=O) groups excluding carboxylic acids is 1. The largest absolute Gasteiger partial charge is 0.443 e. The highest BCUT2D eigenvalue weighted by Crippen LogP contribution is 2.29. The lowest BCUT2D eigenvalue weighted by Crippen LogP contribution is -2.44. The van der Waals surface area contributed by atoms with E-state index >= 15 is 0 Å². The van der Waals surface area contributed by atoms with Gasteiger partial charge in [-0.1, -0.05) is 36.4 Å². The van der Waals surface area contributed by atoms with E-state index in [2.05, 4.69) is 0 Å². The fraction of sp³-hybridized carbons (Fsp3) is 0.389. The molecule has 1 N–H and O–H groups in total. The standard InChI is InChI=1S/C18H23NO3/c1-13(12-20)19(17(21)22-18(2,3)4)16-11-7-9-14-8-5-6-10-15(14)16/h5-11,13,20H,12H2,1-4H3/t13-/m0/s1. The van der Waals surface area contributed by atoms with Crippen molar-refractivity contribution >= 4 is 22.6 Å². The van der Waals surface area contributed by atoms with Gasteiger partial charge in [0, 0.05) is 5.39 Å². The summed E-state index contributed by atoms with van der Waals surface area (Å²) in [5, 5.41) is 11.5. The Bertz CT molecular complexity index is 655. The summed E-state index contributed by atoms with van der Waals surface area (Å²) >= 11 is 0. The Morgan fingerprint density at radius 2 is 1.82 bits per heavy atom. The number of ether oxygens (including phenoxy) is 1. The number of fused-ring (bicyclic) bond motifs is 1. The zero-order valence-electron chi connectivity index (χ0n) is 13.5. The normalized spacial score (nSPS) is 13.0. The van der Waals surface area contributed by atoms with Gasteiger partial charge in [0.1, 0.15) is 5.60 Å². The lowest BCUT2D eigenvalue weighted by Gasteiger charge is -2.31. The number of amides is 1. The Morgan fingerprint density at radius 1 is 1.18 bits per heavy atom. The van der Waals surface area contributed by atoms with Crippen LogP contribution in [0.3, 0.4) is 0 Å². The van der Waals surface area contributed by atoms with E-state index in [-0.39, 0.29) is 12.6 Å². The highest BCUT2D eigenvalue weighted by molar-refractivity contribution is 6.01. The van der Waals surface area contributed by atoms with Crippen molar-refractivity contribution in [1.82, 2.24) is 0 Å².